The molecule has 2 aliphatic heterocycles. The average molecular weight is 390 g/mol. The quantitative estimate of drug-likeness (QED) is 0.780. The first kappa shape index (κ1) is 18.9. The van der Waals surface area contributed by atoms with Crippen LogP contribution in [0.1, 0.15) is 39.9 Å². The van der Waals surface area contributed by atoms with Crippen LogP contribution in [-0.2, 0) is 20.9 Å². The Morgan fingerprint density at radius 2 is 1.90 bits per heavy atom. The van der Waals surface area contributed by atoms with Gasteiger partial charge in [0.25, 0.3) is 5.91 Å². The smallest absolute Gasteiger partial charge is 0.255 e. The summed E-state index contributed by atoms with van der Waals surface area (Å²) in [6, 6.07) is 12.0. The maximum absolute atomic E-state index is 12.7. The van der Waals surface area contributed by atoms with Crippen molar-refractivity contribution in [3.05, 3.63) is 71.1 Å². The number of hydrogen-bond donors (Lipinski definition) is 2. The standard InChI is InChI=1S/C22H20N3O4/c1-13-2-4-14(5-3-13)10-20(27)23-16-6-7-17-15(11-16)12-25(22(17)29)18-8-9-19(26)24-21(18)28/h2-7,10-11,18H,8-9,12H2,1H3,(H,23,27)(H,24,26,28). The van der Waals surface area contributed by atoms with Gasteiger partial charge in [-0.05, 0) is 42.7 Å². The van der Waals surface area contributed by atoms with Crippen molar-refractivity contribution in [2.75, 3.05) is 5.32 Å². The van der Waals surface area contributed by atoms with Crippen LogP contribution in [0.15, 0.2) is 42.5 Å². The molecule has 0 aromatic heterocycles. The molecule has 2 heterocycles. The van der Waals surface area contributed by atoms with Crippen LogP contribution in [-0.4, -0.2) is 34.6 Å². The Labute approximate surface area is 168 Å². The van der Waals surface area contributed by atoms with Crippen molar-refractivity contribution in [3.63, 3.8) is 0 Å². The van der Waals surface area contributed by atoms with Gasteiger partial charge in [0.15, 0.2) is 0 Å². The molecule has 4 rings (SSSR count). The van der Waals surface area contributed by atoms with E-state index in [0.29, 0.717) is 17.7 Å². The normalized spacial score (nSPS) is 18.4. The lowest BCUT2D eigenvalue weighted by Gasteiger charge is -2.29. The van der Waals surface area contributed by atoms with E-state index in [9.17, 15) is 19.2 Å². The number of imide groups is 1. The van der Waals surface area contributed by atoms with Crippen LogP contribution in [0, 0.1) is 13.3 Å². The second kappa shape index (κ2) is 7.50. The third-order valence-corrected chi connectivity index (χ3v) is 5.17. The predicted octanol–water partition coefficient (Wildman–Crippen LogP) is 1.95. The van der Waals surface area contributed by atoms with Gasteiger partial charge in [0.2, 0.25) is 17.7 Å². The van der Waals surface area contributed by atoms with E-state index < -0.39 is 11.9 Å². The summed E-state index contributed by atoms with van der Waals surface area (Å²) in [7, 11) is 0. The zero-order chi connectivity index (χ0) is 20.5. The van der Waals surface area contributed by atoms with Gasteiger partial charge in [0.1, 0.15) is 6.04 Å². The maximum Gasteiger partial charge on any atom is 0.255 e. The van der Waals surface area contributed by atoms with E-state index >= 15 is 0 Å². The lowest BCUT2D eigenvalue weighted by Crippen LogP contribution is -2.52. The second-order valence-corrected chi connectivity index (χ2v) is 7.32. The van der Waals surface area contributed by atoms with Crippen LogP contribution in [0.2, 0.25) is 0 Å². The minimum atomic E-state index is -0.652. The number of hydrogen-bond acceptors (Lipinski definition) is 4. The van der Waals surface area contributed by atoms with E-state index in [1.165, 1.54) is 11.3 Å². The molecule has 1 fully saturated rings. The molecule has 2 aliphatic rings. The van der Waals surface area contributed by atoms with E-state index in [1.807, 2.05) is 31.2 Å². The molecule has 0 spiro atoms. The summed E-state index contributed by atoms with van der Waals surface area (Å²) in [6.07, 6.45) is 2.04. The molecule has 7 heteroatoms. The molecule has 0 saturated carbocycles. The molecule has 147 valence electrons. The largest absolute Gasteiger partial charge is 0.326 e. The monoisotopic (exact) mass is 390 g/mol. The van der Waals surface area contributed by atoms with E-state index in [4.69, 9.17) is 0 Å². The number of carbonyl (C=O) groups excluding carboxylic acids is 4. The molecule has 29 heavy (non-hydrogen) atoms. The van der Waals surface area contributed by atoms with Crippen LogP contribution in [0.5, 0.6) is 0 Å². The molecule has 2 aromatic carbocycles. The fourth-order valence-corrected chi connectivity index (χ4v) is 3.64. The summed E-state index contributed by atoms with van der Waals surface area (Å²) in [5.41, 5.74) is 3.75. The summed E-state index contributed by atoms with van der Waals surface area (Å²) < 4.78 is 0. The number of aryl methyl sites for hydroxylation is 1. The first-order chi connectivity index (χ1) is 13.9. The Kier molecular flexibility index (Phi) is 4.88. The number of nitrogens with one attached hydrogen (secondary N) is 2. The number of benzene rings is 2. The summed E-state index contributed by atoms with van der Waals surface area (Å²) in [6.45, 7) is 2.25. The first-order valence-corrected chi connectivity index (χ1v) is 9.41. The summed E-state index contributed by atoms with van der Waals surface area (Å²) >= 11 is 0. The molecule has 1 radical (unpaired) electrons. The number of fused-ring (bicyclic) bond motifs is 1. The molecule has 4 amide bonds. The third kappa shape index (κ3) is 3.89. The topological polar surface area (TPSA) is 95.6 Å². The molecule has 1 unspecified atom stereocenters. The Morgan fingerprint density at radius 1 is 1.14 bits per heavy atom. The third-order valence-electron chi connectivity index (χ3n) is 5.17. The van der Waals surface area contributed by atoms with Crippen LogP contribution in [0.25, 0.3) is 0 Å². The molecule has 0 bridgehead atoms. The van der Waals surface area contributed by atoms with Gasteiger partial charge in [0, 0.05) is 24.2 Å². The van der Waals surface area contributed by atoms with E-state index in [1.54, 1.807) is 18.2 Å². The molecule has 1 saturated heterocycles. The Balaban J connectivity index is 1.44. The molecule has 2 aromatic rings. The van der Waals surface area contributed by atoms with Gasteiger partial charge >= 0.3 is 0 Å². The second-order valence-electron chi connectivity index (χ2n) is 7.32. The van der Waals surface area contributed by atoms with Gasteiger partial charge in [-0.25, -0.2) is 0 Å². The highest BCUT2D eigenvalue weighted by molar-refractivity contribution is 6.06. The Bertz CT molecular complexity index is 1010. The van der Waals surface area contributed by atoms with Gasteiger partial charge in [-0.15, -0.1) is 0 Å². The molecule has 2 N–H and O–H groups in total. The van der Waals surface area contributed by atoms with E-state index in [2.05, 4.69) is 10.6 Å². The lowest BCUT2D eigenvalue weighted by atomic mass is 10.0. The zero-order valence-corrected chi connectivity index (χ0v) is 15.9. The lowest BCUT2D eigenvalue weighted by molar-refractivity contribution is -0.136. The fourth-order valence-electron chi connectivity index (χ4n) is 3.64. The fraction of sp³-hybridized carbons (Fsp3) is 0.227. The number of amides is 4. The number of rotatable bonds is 4. The maximum atomic E-state index is 12.7. The van der Waals surface area contributed by atoms with Crippen molar-refractivity contribution < 1.29 is 19.2 Å². The summed E-state index contributed by atoms with van der Waals surface area (Å²) in [4.78, 5) is 49.9. The number of carbonyl (C=O) groups is 4. The highest BCUT2D eigenvalue weighted by Crippen LogP contribution is 2.29. The minimum Gasteiger partial charge on any atom is -0.326 e. The average Bonchev–Trinajstić information content (AvgIpc) is 2.99. The predicted molar refractivity (Wildman–Crippen MR) is 106 cm³/mol. The van der Waals surface area contributed by atoms with Crippen molar-refractivity contribution in [1.29, 1.82) is 0 Å². The molecule has 1 atom stereocenters. The first-order valence-electron chi connectivity index (χ1n) is 9.41. The molecular weight excluding hydrogens is 370 g/mol. The van der Waals surface area contributed by atoms with Crippen molar-refractivity contribution in [2.24, 2.45) is 0 Å². The van der Waals surface area contributed by atoms with Crippen LogP contribution in [0.3, 0.4) is 0 Å². The highest BCUT2D eigenvalue weighted by atomic mass is 16.2. The summed E-state index contributed by atoms with van der Waals surface area (Å²) in [5.74, 6) is -1.26. The number of piperidine rings is 1. The molecule has 7 nitrogen and oxygen atoms in total. The van der Waals surface area contributed by atoms with Crippen molar-refractivity contribution in [3.8, 4) is 0 Å². The van der Waals surface area contributed by atoms with Gasteiger partial charge in [-0.3, -0.25) is 24.5 Å². The van der Waals surface area contributed by atoms with Crippen molar-refractivity contribution in [2.45, 2.75) is 32.4 Å². The van der Waals surface area contributed by atoms with Crippen molar-refractivity contribution >= 4 is 29.3 Å². The van der Waals surface area contributed by atoms with Gasteiger partial charge in [-0.2, -0.15) is 0 Å². The van der Waals surface area contributed by atoms with E-state index in [0.717, 1.165) is 16.7 Å². The Morgan fingerprint density at radius 3 is 2.62 bits per heavy atom. The van der Waals surface area contributed by atoms with Gasteiger partial charge < -0.3 is 10.2 Å². The van der Waals surface area contributed by atoms with Crippen LogP contribution >= 0.6 is 0 Å². The number of anilines is 1. The van der Waals surface area contributed by atoms with Crippen LogP contribution in [0.4, 0.5) is 5.69 Å². The molecule has 0 aliphatic carbocycles. The minimum absolute atomic E-state index is 0.215. The van der Waals surface area contributed by atoms with Crippen molar-refractivity contribution in [1.82, 2.24) is 10.2 Å². The van der Waals surface area contributed by atoms with E-state index in [-0.39, 0.29) is 30.7 Å². The zero-order valence-electron chi connectivity index (χ0n) is 15.9. The Hall–Kier alpha value is -3.48. The van der Waals surface area contributed by atoms with Crippen LogP contribution < -0.4 is 10.6 Å². The molecular formula is C22H20N3O4. The summed E-state index contributed by atoms with van der Waals surface area (Å²) in [5, 5.41) is 5.10. The number of nitrogens with zero attached hydrogens (tertiary/aromatic N) is 1. The highest BCUT2D eigenvalue weighted by Gasteiger charge is 2.39. The van der Waals surface area contributed by atoms with Gasteiger partial charge in [-0.1, -0.05) is 29.8 Å². The SMILES string of the molecule is Cc1ccc([CH]C(=O)Nc2ccc3c(c2)CN(C2CCC(=O)NC2=O)C3=O)cc1. The van der Waals surface area contributed by atoms with Gasteiger partial charge in [0.05, 0.1) is 6.42 Å².